The average Bonchev–Trinajstić information content (AvgIpc) is 2.35. The Morgan fingerprint density at radius 1 is 1.35 bits per heavy atom. The van der Waals surface area contributed by atoms with E-state index in [9.17, 15) is 9.90 Å². The molecule has 3 nitrogen and oxygen atoms in total. The van der Waals surface area contributed by atoms with Crippen LogP contribution in [0.3, 0.4) is 0 Å². The lowest BCUT2D eigenvalue weighted by Gasteiger charge is -2.11. The first kappa shape index (κ1) is 13.5. The number of rotatable bonds is 5. The summed E-state index contributed by atoms with van der Waals surface area (Å²) in [4.78, 5) is 11.4. The molecular weight excluding hydrogens is 216 g/mol. The van der Waals surface area contributed by atoms with Crippen LogP contribution < -0.4 is 0 Å². The Kier molecular flexibility index (Phi) is 4.91. The van der Waals surface area contributed by atoms with Crippen LogP contribution in [0.4, 0.5) is 0 Å². The molecule has 0 amide bonds. The van der Waals surface area contributed by atoms with Gasteiger partial charge in [-0.2, -0.15) is 0 Å². The molecular formula is C14H18O3. The van der Waals surface area contributed by atoms with Gasteiger partial charge in [0.05, 0.1) is 0 Å². The Labute approximate surface area is 102 Å². The van der Waals surface area contributed by atoms with Gasteiger partial charge in [-0.05, 0) is 17.0 Å². The summed E-state index contributed by atoms with van der Waals surface area (Å²) in [6.07, 6.45) is 0.239. The van der Waals surface area contributed by atoms with E-state index in [2.05, 4.69) is 20.4 Å². The summed E-state index contributed by atoms with van der Waals surface area (Å²) in [5, 5.41) is 9.74. The van der Waals surface area contributed by atoms with Crippen LogP contribution in [-0.2, 0) is 9.53 Å². The molecule has 1 N–H and O–H groups in total. The minimum absolute atomic E-state index is 0.111. The third kappa shape index (κ3) is 3.71. The van der Waals surface area contributed by atoms with Crippen molar-refractivity contribution in [1.29, 1.82) is 0 Å². The van der Waals surface area contributed by atoms with Gasteiger partial charge < -0.3 is 9.84 Å². The molecule has 0 aliphatic heterocycles. The fourth-order valence-electron chi connectivity index (χ4n) is 1.42. The predicted octanol–water partition coefficient (Wildman–Crippen LogP) is 2.57. The van der Waals surface area contributed by atoms with Gasteiger partial charge in [0.1, 0.15) is 6.61 Å². The van der Waals surface area contributed by atoms with Crippen molar-refractivity contribution in [2.75, 3.05) is 6.61 Å². The van der Waals surface area contributed by atoms with E-state index in [1.807, 2.05) is 12.1 Å². The molecule has 1 aromatic carbocycles. The molecule has 0 saturated heterocycles. The molecule has 0 saturated carbocycles. The van der Waals surface area contributed by atoms with E-state index in [1.54, 1.807) is 12.1 Å². The van der Waals surface area contributed by atoms with Crippen LogP contribution in [0.2, 0.25) is 0 Å². The first-order valence-electron chi connectivity index (χ1n) is 5.61. The highest BCUT2D eigenvalue weighted by Crippen LogP contribution is 2.19. The van der Waals surface area contributed by atoms with Crippen LogP contribution in [0.1, 0.15) is 37.0 Å². The van der Waals surface area contributed by atoms with E-state index in [1.165, 1.54) is 11.6 Å². The Morgan fingerprint density at radius 3 is 2.35 bits per heavy atom. The van der Waals surface area contributed by atoms with Gasteiger partial charge in [-0.15, -0.1) is 0 Å². The number of aliphatic hydroxyl groups is 1. The van der Waals surface area contributed by atoms with E-state index >= 15 is 0 Å². The van der Waals surface area contributed by atoms with Crippen LogP contribution in [0.5, 0.6) is 0 Å². The van der Waals surface area contributed by atoms with Crippen molar-refractivity contribution in [3.63, 3.8) is 0 Å². The quantitative estimate of drug-likeness (QED) is 0.629. The first-order chi connectivity index (χ1) is 8.06. The van der Waals surface area contributed by atoms with E-state index in [4.69, 9.17) is 4.74 Å². The molecule has 0 heterocycles. The molecule has 3 heteroatoms. The topological polar surface area (TPSA) is 46.5 Å². The van der Waals surface area contributed by atoms with Crippen molar-refractivity contribution in [3.05, 3.63) is 48.0 Å². The molecule has 92 valence electrons. The molecule has 17 heavy (non-hydrogen) atoms. The molecule has 0 aromatic heterocycles. The molecule has 0 fully saturated rings. The Balaban J connectivity index is 2.72. The van der Waals surface area contributed by atoms with E-state index < -0.39 is 12.1 Å². The lowest BCUT2D eigenvalue weighted by atomic mass is 10.00. The minimum atomic E-state index is -1.23. The number of esters is 1. The van der Waals surface area contributed by atoms with Gasteiger partial charge in [-0.3, -0.25) is 0 Å². The number of hydrogen-bond acceptors (Lipinski definition) is 3. The number of benzene rings is 1. The molecule has 0 radical (unpaired) electrons. The maximum Gasteiger partial charge on any atom is 0.339 e. The van der Waals surface area contributed by atoms with Gasteiger partial charge in [0.2, 0.25) is 0 Å². The van der Waals surface area contributed by atoms with Gasteiger partial charge in [-0.1, -0.05) is 50.8 Å². The van der Waals surface area contributed by atoms with Crippen molar-refractivity contribution in [2.24, 2.45) is 0 Å². The van der Waals surface area contributed by atoms with Crippen LogP contribution in [0.15, 0.2) is 36.9 Å². The molecule has 0 unspecified atom stereocenters. The molecule has 0 aliphatic rings. The fraction of sp³-hybridized carbons (Fsp3) is 0.357. The summed E-state index contributed by atoms with van der Waals surface area (Å²) >= 11 is 0. The summed E-state index contributed by atoms with van der Waals surface area (Å²) in [5.74, 6) is -0.226. The summed E-state index contributed by atoms with van der Waals surface area (Å²) in [5.41, 5.74) is 1.71. The fourth-order valence-corrected chi connectivity index (χ4v) is 1.42. The largest absolute Gasteiger partial charge is 0.459 e. The Bertz CT molecular complexity index is 379. The Hall–Kier alpha value is -1.61. The van der Waals surface area contributed by atoms with E-state index in [-0.39, 0.29) is 6.61 Å². The van der Waals surface area contributed by atoms with Gasteiger partial charge in [0.15, 0.2) is 6.10 Å². The monoisotopic (exact) mass is 234 g/mol. The second-order valence-electron chi connectivity index (χ2n) is 4.14. The Morgan fingerprint density at radius 2 is 1.88 bits per heavy atom. The predicted molar refractivity (Wildman–Crippen MR) is 66.6 cm³/mol. The van der Waals surface area contributed by atoms with Gasteiger partial charge in [0.25, 0.3) is 0 Å². The van der Waals surface area contributed by atoms with Gasteiger partial charge >= 0.3 is 5.97 Å². The standard InChI is InChI=1S/C14H18O3/c1-4-9-17-14(16)13(15)12-7-5-11(6-8-12)10(2)3/h4-8,10,13,15H,1,9H2,2-3H3/t13-/m0/s1. The maximum atomic E-state index is 11.4. The van der Waals surface area contributed by atoms with Gasteiger partial charge in [0, 0.05) is 0 Å². The zero-order valence-electron chi connectivity index (χ0n) is 10.2. The van der Waals surface area contributed by atoms with E-state index in [0.717, 1.165) is 0 Å². The molecule has 1 atom stereocenters. The van der Waals surface area contributed by atoms with Crippen molar-refractivity contribution in [2.45, 2.75) is 25.9 Å². The van der Waals surface area contributed by atoms with Crippen molar-refractivity contribution in [3.8, 4) is 0 Å². The zero-order chi connectivity index (χ0) is 12.8. The second-order valence-corrected chi connectivity index (χ2v) is 4.14. The maximum absolute atomic E-state index is 11.4. The van der Waals surface area contributed by atoms with Crippen LogP contribution in [-0.4, -0.2) is 17.7 Å². The van der Waals surface area contributed by atoms with Gasteiger partial charge in [-0.25, -0.2) is 4.79 Å². The number of carbonyl (C=O) groups excluding carboxylic acids is 1. The van der Waals surface area contributed by atoms with Crippen LogP contribution in [0.25, 0.3) is 0 Å². The summed E-state index contributed by atoms with van der Waals surface area (Å²) < 4.78 is 4.78. The summed E-state index contributed by atoms with van der Waals surface area (Å²) in [6.45, 7) is 7.72. The average molecular weight is 234 g/mol. The number of ether oxygens (including phenoxy) is 1. The van der Waals surface area contributed by atoms with Crippen molar-refractivity contribution < 1.29 is 14.6 Å². The number of aliphatic hydroxyl groups excluding tert-OH is 1. The number of hydrogen-bond donors (Lipinski definition) is 1. The molecule has 0 bridgehead atoms. The summed E-state index contributed by atoms with van der Waals surface area (Å²) in [6, 6.07) is 7.30. The smallest absolute Gasteiger partial charge is 0.339 e. The highest BCUT2D eigenvalue weighted by Gasteiger charge is 2.18. The highest BCUT2D eigenvalue weighted by molar-refractivity contribution is 5.76. The normalized spacial score (nSPS) is 12.2. The number of carbonyl (C=O) groups is 1. The molecule has 0 aliphatic carbocycles. The minimum Gasteiger partial charge on any atom is -0.459 e. The lowest BCUT2D eigenvalue weighted by Crippen LogP contribution is -2.15. The second kappa shape index (κ2) is 6.21. The third-order valence-corrected chi connectivity index (χ3v) is 2.49. The van der Waals surface area contributed by atoms with E-state index in [0.29, 0.717) is 11.5 Å². The van der Waals surface area contributed by atoms with Crippen molar-refractivity contribution >= 4 is 5.97 Å². The molecule has 1 aromatic rings. The third-order valence-electron chi connectivity index (χ3n) is 2.49. The van der Waals surface area contributed by atoms with Crippen molar-refractivity contribution in [1.82, 2.24) is 0 Å². The van der Waals surface area contributed by atoms with Crippen LogP contribution in [0, 0.1) is 0 Å². The van der Waals surface area contributed by atoms with Crippen LogP contribution >= 0.6 is 0 Å². The zero-order valence-corrected chi connectivity index (χ0v) is 10.2. The first-order valence-corrected chi connectivity index (χ1v) is 5.61. The highest BCUT2D eigenvalue weighted by atomic mass is 16.5. The summed E-state index contributed by atoms with van der Waals surface area (Å²) in [7, 11) is 0. The SMILES string of the molecule is C=CCOC(=O)[C@@H](O)c1ccc(C(C)C)cc1. The molecule has 0 spiro atoms. The molecule has 1 rings (SSSR count). The lowest BCUT2D eigenvalue weighted by molar-refractivity contribution is -0.152.